The molecular formula is C17H33N5O4. The molecule has 0 aromatic heterocycles. The fourth-order valence-corrected chi connectivity index (χ4v) is 2.38. The minimum atomic E-state index is -0.513. The van der Waals surface area contributed by atoms with Gasteiger partial charge in [-0.1, -0.05) is 0 Å². The van der Waals surface area contributed by atoms with Gasteiger partial charge in [0.25, 0.3) is 0 Å². The third-order valence-electron chi connectivity index (χ3n) is 3.48. The number of rotatable bonds is 5. The van der Waals surface area contributed by atoms with Gasteiger partial charge < -0.3 is 29.9 Å². The zero-order valence-corrected chi connectivity index (χ0v) is 16.6. The molecule has 150 valence electrons. The van der Waals surface area contributed by atoms with Crippen molar-refractivity contribution in [1.29, 1.82) is 0 Å². The first-order valence-electron chi connectivity index (χ1n) is 9.18. The molecule has 0 aromatic carbocycles. The van der Waals surface area contributed by atoms with E-state index in [1.807, 2.05) is 27.7 Å². The van der Waals surface area contributed by atoms with Crippen LogP contribution in [0.15, 0.2) is 4.99 Å². The van der Waals surface area contributed by atoms with Gasteiger partial charge in [-0.25, -0.2) is 9.59 Å². The normalized spacial score (nSPS) is 15.5. The molecule has 26 heavy (non-hydrogen) atoms. The van der Waals surface area contributed by atoms with Crippen molar-refractivity contribution in [3.63, 3.8) is 0 Å². The first-order valence-corrected chi connectivity index (χ1v) is 9.18. The van der Waals surface area contributed by atoms with Crippen LogP contribution in [0.2, 0.25) is 0 Å². The molecule has 1 aliphatic rings. The molecule has 0 radical (unpaired) electrons. The van der Waals surface area contributed by atoms with Crippen LogP contribution >= 0.6 is 0 Å². The summed E-state index contributed by atoms with van der Waals surface area (Å²) < 4.78 is 10.2. The Hall–Kier alpha value is -2.19. The number of aliphatic imine (C=N–C) groups is 1. The Morgan fingerprint density at radius 2 is 1.65 bits per heavy atom. The van der Waals surface area contributed by atoms with Gasteiger partial charge >= 0.3 is 12.2 Å². The highest BCUT2D eigenvalue weighted by atomic mass is 16.6. The predicted molar refractivity (Wildman–Crippen MR) is 100 cm³/mol. The number of carbonyl (C=O) groups is 2. The first kappa shape index (κ1) is 21.9. The van der Waals surface area contributed by atoms with Gasteiger partial charge in [0.2, 0.25) is 0 Å². The summed E-state index contributed by atoms with van der Waals surface area (Å²) in [7, 11) is 0. The van der Waals surface area contributed by atoms with Crippen molar-refractivity contribution in [3.8, 4) is 0 Å². The summed E-state index contributed by atoms with van der Waals surface area (Å²) in [6.45, 7) is 13.8. The molecule has 0 bridgehead atoms. The minimum absolute atomic E-state index is 0.268. The summed E-state index contributed by atoms with van der Waals surface area (Å²) >= 11 is 0. The van der Waals surface area contributed by atoms with E-state index < -0.39 is 11.7 Å². The quantitative estimate of drug-likeness (QED) is 0.429. The molecule has 0 atom stereocenters. The van der Waals surface area contributed by atoms with Crippen molar-refractivity contribution in [2.24, 2.45) is 4.99 Å². The van der Waals surface area contributed by atoms with Crippen LogP contribution in [0, 0.1) is 0 Å². The van der Waals surface area contributed by atoms with E-state index in [2.05, 4.69) is 20.5 Å². The van der Waals surface area contributed by atoms with Gasteiger partial charge in [0.05, 0.1) is 13.2 Å². The molecular weight excluding hydrogens is 338 g/mol. The van der Waals surface area contributed by atoms with Crippen molar-refractivity contribution in [2.75, 3.05) is 52.4 Å². The molecule has 1 fully saturated rings. The number of nitrogens with zero attached hydrogens (tertiary/aromatic N) is 3. The minimum Gasteiger partial charge on any atom is -0.450 e. The lowest BCUT2D eigenvalue weighted by Gasteiger charge is -2.35. The molecule has 0 spiro atoms. The second-order valence-electron chi connectivity index (χ2n) is 6.84. The average molecular weight is 371 g/mol. The van der Waals surface area contributed by atoms with E-state index >= 15 is 0 Å². The maximum Gasteiger partial charge on any atom is 0.409 e. The predicted octanol–water partition coefficient (Wildman–Crippen LogP) is 1.25. The molecule has 1 aliphatic heterocycles. The molecule has 1 saturated heterocycles. The van der Waals surface area contributed by atoms with Gasteiger partial charge in [0.15, 0.2) is 5.96 Å². The Bertz CT molecular complexity index is 482. The second kappa shape index (κ2) is 10.7. The maximum atomic E-state index is 11.8. The molecule has 0 aromatic rings. The smallest absolute Gasteiger partial charge is 0.409 e. The topological polar surface area (TPSA) is 95.5 Å². The summed E-state index contributed by atoms with van der Waals surface area (Å²) in [6, 6.07) is 0. The standard InChI is InChI=1S/C17H33N5O4/c1-6-18-14(19-8-9-20-15(23)26-17(3,4)5)21-10-12-22(13-11-21)16(24)25-7-2/h6-13H2,1-5H3,(H,18,19)(H,20,23). The fraction of sp³-hybridized carbons (Fsp3) is 0.824. The molecule has 2 N–H and O–H groups in total. The highest BCUT2D eigenvalue weighted by molar-refractivity contribution is 5.80. The van der Waals surface area contributed by atoms with Crippen LogP contribution < -0.4 is 10.6 Å². The molecule has 9 heteroatoms. The fourth-order valence-electron chi connectivity index (χ4n) is 2.38. The Morgan fingerprint density at radius 1 is 1.04 bits per heavy atom. The monoisotopic (exact) mass is 371 g/mol. The lowest BCUT2D eigenvalue weighted by molar-refractivity contribution is 0.0529. The number of amides is 2. The summed E-state index contributed by atoms with van der Waals surface area (Å²) in [4.78, 5) is 31.7. The lowest BCUT2D eigenvalue weighted by Crippen LogP contribution is -2.54. The Labute approximate surface area is 156 Å². The summed E-state index contributed by atoms with van der Waals surface area (Å²) in [6.07, 6.45) is -0.712. The van der Waals surface area contributed by atoms with Crippen LogP contribution in [0.25, 0.3) is 0 Å². The van der Waals surface area contributed by atoms with E-state index in [0.717, 1.165) is 12.5 Å². The first-order chi connectivity index (χ1) is 12.3. The number of nitrogens with one attached hydrogen (secondary N) is 2. The maximum absolute atomic E-state index is 11.8. The van der Waals surface area contributed by atoms with Crippen molar-refractivity contribution in [2.45, 2.75) is 40.2 Å². The molecule has 0 saturated carbocycles. The number of hydrogen-bond donors (Lipinski definition) is 2. The summed E-state index contributed by atoms with van der Waals surface area (Å²) in [5.41, 5.74) is -0.513. The molecule has 1 heterocycles. The Morgan fingerprint density at radius 3 is 2.19 bits per heavy atom. The van der Waals surface area contributed by atoms with E-state index in [9.17, 15) is 9.59 Å². The third kappa shape index (κ3) is 8.26. The van der Waals surface area contributed by atoms with Gasteiger partial charge in [-0.3, -0.25) is 4.99 Å². The summed E-state index contributed by atoms with van der Waals surface area (Å²) in [5.74, 6) is 0.780. The van der Waals surface area contributed by atoms with Crippen LogP contribution in [0.3, 0.4) is 0 Å². The van der Waals surface area contributed by atoms with E-state index in [-0.39, 0.29) is 6.09 Å². The van der Waals surface area contributed by atoms with Crippen molar-refractivity contribution in [1.82, 2.24) is 20.4 Å². The molecule has 9 nitrogen and oxygen atoms in total. The van der Waals surface area contributed by atoms with Crippen molar-refractivity contribution < 1.29 is 19.1 Å². The Balaban J connectivity index is 2.44. The van der Waals surface area contributed by atoms with Crippen LogP contribution in [0.1, 0.15) is 34.6 Å². The molecule has 0 aliphatic carbocycles. The van der Waals surface area contributed by atoms with Gasteiger partial charge in [0, 0.05) is 39.3 Å². The van der Waals surface area contributed by atoms with Crippen LogP contribution in [-0.2, 0) is 9.47 Å². The van der Waals surface area contributed by atoms with Crippen molar-refractivity contribution in [3.05, 3.63) is 0 Å². The van der Waals surface area contributed by atoms with Crippen LogP contribution in [0.5, 0.6) is 0 Å². The van der Waals surface area contributed by atoms with Gasteiger partial charge in [-0.05, 0) is 34.6 Å². The third-order valence-corrected chi connectivity index (χ3v) is 3.48. The number of carbonyl (C=O) groups excluding carboxylic acids is 2. The second-order valence-corrected chi connectivity index (χ2v) is 6.84. The van der Waals surface area contributed by atoms with E-state index in [1.165, 1.54) is 0 Å². The van der Waals surface area contributed by atoms with Gasteiger partial charge in [-0.15, -0.1) is 0 Å². The molecule has 2 amide bonds. The zero-order chi connectivity index (χ0) is 19.6. The molecule has 0 unspecified atom stereocenters. The molecule has 1 rings (SSSR count). The highest BCUT2D eigenvalue weighted by Gasteiger charge is 2.23. The Kier molecular flexibility index (Phi) is 9.01. The van der Waals surface area contributed by atoms with Crippen LogP contribution in [-0.4, -0.2) is 86.0 Å². The van der Waals surface area contributed by atoms with Crippen LogP contribution in [0.4, 0.5) is 9.59 Å². The average Bonchev–Trinajstić information content (AvgIpc) is 2.56. The summed E-state index contributed by atoms with van der Waals surface area (Å²) in [5, 5.41) is 5.94. The number of alkyl carbamates (subject to hydrolysis) is 1. The lowest BCUT2D eigenvalue weighted by atomic mass is 10.2. The van der Waals surface area contributed by atoms with E-state index in [4.69, 9.17) is 9.47 Å². The van der Waals surface area contributed by atoms with Gasteiger partial charge in [-0.2, -0.15) is 0 Å². The SMILES string of the molecule is CCNC(=NCCNC(=O)OC(C)(C)C)N1CCN(C(=O)OCC)CC1. The number of piperazine rings is 1. The number of ether oxygens (including phenoxy) is 2. The van der Waals surface area contributed by atoms with Gasteiger partial charge in [0.1, 0.15) is 5.60 Å². The highest BCUT2D eigenvalue weighted by Crippen LogP contribution is 2.06. The van der Waals surface area contributed by atoms with Crippen molar-refractivity contribution >= 4 is 18.1 Å². The van der Waals surface area contributed by atoms with E-state index in [1.54, 1.807) is 11.8 Å². The number of hydrogen-bond acceptors (Lipinski definition) is 5. The van der Waals surface area contributed by atoms with E-state index in [0.29, 0.717) is 45.9 Å². The number of guanidine groups is 1. The largest absolute Gasteiger partial charge is 0.450 e. The zero-order valence-electron chi connectivity index (χ0n) is 16.6.